The maximum atomic E-state index is 5.75. The SMILES string of the molecule is CN=C(NCc1ccnn1C)NCC1(C)CCCO1.I. The molecule has 20 heavy (non-hydrogen) atoms. The molecule has 6 nitrogen and oxygen atoms in total. The summed E-state index contributed by atoms with van der Waals surface area (Å²) in [6, 6.07) is 1.99. The molecule has 0 aliphatic carbocycles. The molecule has 2 heterocycles. The Hall–Kier alpha value is -0.830. The van der Waals surface area contributed by atoms with Gasteiger partial charge in [0.1, 0.15) is 0 Å². The molecule has 0 bridgehead atoms. The Morgan fingerprint density at radius 2 is 2.35 bits per heavy atom. The smallest absolute Gasteiger partial charge is 0.191 e. The molecular weight excluding hydrogens is 369 g/mol. The van der Waals surface area contributed by atoms with Crippen LogP contribution in [0.4, 0.5) is 0 Å². The lowest BCUT2D eigenvalue weighted by molar-refractivity contribution is 0.0243. The van der Waals surface area contributed by atoms with Crippen molar-refractivity contribution in [1.82, 2.24) is 20.4 Å². The van der Waals surface area contributed by atoms with Crippen molar-refractivity contribution < 1.29 is 4.74 Å². The number of nitrogens with one attached hydrogen (secondary N) is 2. The highest BCUT2D eigenvalue weighted by Gasteiger charge is 2.29. The van der Waals surface area contributed by atoms with Crippen molar-refractivity contribution in [2.24, 2.45) is 12.0 Å². The Bertz CT molecular complexity index is 440. The zero-order chi connectivity index (χ0) is 13.7. The summed E-state index contributed by atoms with van der Waals surface area (Å²) in [4.78, 5) is 4.22. The molecule has 1 aromatic rings. The molecule has 0 aromatic carbocycles. The normalized spacial score (nSPS) is 22.4. The van der Waals surface area contributed by atoms with Gasteiger partial charge in [0.05, 0.1) is 17.8 Å². The van der Waals surface area contributed by atoms with E-state index in [9.17, 15) is 0 Å². The van der Waals surface area contributed by atoms with Gasteiger partial charge in [0, 0.05) is 33.4 Å². The van der Waals surface area contributed by atoms with Crippen LogP contribution < -0.4 is 10.6 Å². The van der Waals surface area contributed by atoms with Gasteiger partial charge in [0.25, 0.3) is 0 Å². The van der Waals surface area contributed by atoms with E-state index in [1.807, 2.05) is 17.8 Å². The lowest BCUT2D eigenvalue weighted by atomic mass is 10.0. The number of nitrogens with zero attached hydrogens (tertiary/aromatic N) is 3. The van der Waals surface area contributed by atoms with Crippen molar-refractivity contribution >= 4 is 29.9 Å². The minimum absolute atomic E-state index is 0. The van der Waals surface area contributed by atoms with E-state index in [1.54, 1.807) is 13.2 Å². The minimum Gasteiger partial charge on any atom is -0.373 e. The summed E-state index contributed by atoms with van der Waals surface area (Å²) in [5.74, 6) is 0.790. The van der Waals surface area contributed by atoms with Gasteiger partial charge in [0.2, 0.25) is 0 Å². The molecule has 1 fully saturated rings. The number of halogens is 1. The summed E-state index contributed by atoms with van der Waals surface area (Å²) < 4.78 is 7.59. The van der Waals surface area contributed by atoms with Gasteiger partial charge in [-0.25, -0.2) is 0 Å². The molecule has 1 atom stereocenters. The molecule has 0 spiro atoms. The molecule has 0 saturated carbocycles. The lowest BCUT2D eigenvalue weighted by Gasteiger charge is -2.24. The number of hydrogen-bond donors (Lipinski definition) is 2. The number of aryl methyl sites for hydroxylation is 1. The first-order valence-corrected chi connectivity index (χ1v) is 6.68. The maximum absolute atomic E-state index is 5.75. The van der Waals surface area contributed by atoms with E-state index in [-0.39, 0.29) is 29.6 Å². The summed E-state index contributed by atoms with van der Waals surface area (Å²) in [6.45, 7) is 4.48. The van der Waals surface area contributed by atoms with E-state index >= 15 is 0 Å². The van der Waals surface area contributed by atoms with Gasteiger partial charge in [-0.2, -0.15) is 5.10 Å². The van der Waals surface area contributed by atoms with Crippen molar-refractivity contribution in [3.05, 3.63) is 18.0 Å². The van der Waals surface area contributed by atoms with Crippen LogP contribution in [0, 0.1) is 0 Å². The molecule has 114 valence electrons. The number of hydrogen-bond acceptors (Lipinski definition) is 3. The van der Waals surface area contributed by atoms with Crippen LogP contribution in [0.1, 0.15) is 25.5 Å². The Labute approximate surface area is 137 Å². The first-order chi connectivity index (χ1) is 9.13. The molecule has 1 saturated heterocycles. The fourth-order valence-corrected chi connectivity index (χ4v) is 2.22. The largest absolute Gasteiger partial charge is 0.373 e. The molecular formula is C13H24IN5O. The number of aliphatic imine (C=N–C) groups is 1. The molecule has 0 amide bonds. The van der Waals surface area contributed by atoms with Gasteiger partial charge >= 0.3 is 0 Å². The van der Waals surface area contributed by atoms with E-state index in [2.05, 4.69) is 27.6 Å². The molecule has 2 rings (SSSR count). The Morgan fingerprint density at radius 3 is 2.90 bits per heavy atom. The van der Waals surface area contributed by atoms with E-state index in [0.717, 1.165) is 37.6 Å². The van der Waals surface area contributed by atoms with Crippen LogP contribution in [0.2, 0.25) is 0 Å². The van der Waals surface area contributed by atoms with Gasteiger partial charge in [0.15, 0.2) is 5.96 Å². The van der Waals surface area contributed by atoms with Crippen molar-refractivity contribution in [2.45, 2.75) is 31.9 Å². The van der Waals surface area contributed by atoms with Crippen molar-refractivity contribution in [1.29, 1.82) is 0 Å². The van der Waals surface area contributed by atoms with E-state index in [4.69, 9.17) is 4.74 Å². The monoisotopic (exact) mass is 393 g/mol. The highest BCUT2D eigenvalue weighted by Crippen LogP contribution is 2.23. The lowest BCUT2D eigenvalue weighted by Crippen LogP contribution is -2.45. The van der Waals surface area contributed by atoms with Crippen LogP contribution in [0.25, 0.3) is 0 Å². The molecule has 7 heteroatoms. The zero-order valence-electron chi connectivity index (χ0n) is 12.3. The summed E-state index contributed by atoms with van der Waals surface area (Å²) in [5.41, 5.74) is 1.05. The number of ether oxygens (including phenoxy) is 1. The van der Waals surface area contributed by atoms with Crippen LogP contribution in [0.15, 0.2) is 17.3 Å². The highest BCUT2D eigenvalue weighted by atomic mass is 127. The minimum atomic E-state index is -0.0653. The second kappa shape index (κ2) is 7.82. The predicted octanol–water partition coefficient (Wildman–Crippen LogP) is 1.27. The summed E-state index contributed by atoms with van der Waals surface area (Å²) >= 11 is 0. The Kier molecular flexibility index (Phi) is 6.74. The van der Waals surface area contributed by atoms with Crippen LogP contribution in [-0.2, 0) is 18.3 Å². The molecule has 1 aliphatic heterocycles. The van der Waals surface area contributed by atoms with E-state index in [0.29, 0.717) is 6.54 Å². The summed E-state index contributed by atoms with van der Waals surface area (Å²) in [6.07, 6.45) is 4.03. The molecule has 1 aliphatic rings. The first-order valence-electron chi connectivity index (χ1n) is 6.68. The van der Waals surface area contributed by atoms with Crippen LogP contribution in [0.3, 0.4) is 0 Å². The topological polar surface area (TPSA) is 63.5 Å². The van der Waals surface area contributed by atoms with Crippen molar-refractivity contribution in [2.75, 3.05) is 20.2 Å². The third-order valence-corrected chi connectivity index (χ3v) is 3.51. The summed E-state index contributed by atoms with van der Waals surface area (Å²) in [5, 5.41) is 10.7. The maximum Gasteiger partial charge on any atom is 0.191 e. The van der Waals surface area contributed by atoms with Crippen LogP contribution in [-0.4, -0.2) is 41.5 Å². The van der Waals surface area contributed by atoms with Crippen molar-refractivity contribution in [3.8, 4) is 0 Å². The number of aromatic nitrogens is 2. The second-order valence-electron chi connectivity index (χ2n) is 5.13. The van der Waals surface area contributed by atoms with Gasteiger partial charge in [-0.05, 0) is 25.8 Å². The predicted molar refractivity (Wildman–Crippen MR) is 90.4 cm³/mol. The molecule has 2 N–H and O–H groups in total. The third kappa shape index (κ3) is 4.62. The fourth-order valence-electron chi connectivity index (χ4n) is 2.22. The molecule has 0 radical (unpaired) electrons. The average molecular weight is 393 g/mol. The standard InChI is InChI=1S/C13H23N5O.HI/c1-13(6-4-8-19-13)10-16-12(14-2)15-9-11-5-7-17-18(11)3;/h5,7H,4,6,8-10H2,1-3H3,(H2,14,15,16);1H. The van der Waals surface area contributed by atoms with Crippen molar-refractivity contribution in [3.63, 3.8) is 0 Å². The Morgan fingerprint density at radius 1 is 1.55 bits per heavy atom. The van der Waals surface area contributed by atoms with Gasteiger partial charge < -0.3 is 15.4 Å². The van der Waals surface area contributed by atoms with Gasteiger partial charge in [-0.3, -0.25) is 9.67 Å². The van der Waals surface area contributed by atoms with Gasteiger partial charge in [-0.1, -0.05) is 0 Å². The number of guanidine groups is 1. The highest BCUT2D eigenvalue weighted by molar-refractivity contribution is 14.0. The molecule has 1 unspecified atom stereocenters. The van der Waals surface area contributed by atoms with E-state index in [1.165, 1.54) is 0 Å². The fraction of sp³-hybridized carbons (Fsp3) is 0.692. The summed E-state index contributed by atoms with van der Waals surface area (Å²) in [7, 11) is 3.71. The van der Waals surface area contributed by atoms with Crippen LogP contribution in [0.5, 0.6) is 0 Å². The quantitative estimate of drug-likeness (QED) is 0.460. The third-order valence-electron chi connectivity index (χ3n) is 3.51. The van der Waals surface area contributed by atoms with E-state index < -0.39 is 0 Å². The second-order valence-corrected chi connectivity index (χ2v) is 5.13. The van der Waals surface area contributed by atoms with Crippen LogP contribution >= 0.6 is 24.0 Å². The average Bonchev–Trinajstić information content (AvgIpc) is 3.00. The number of rotatable bonds is 4. The zero-order valence-corrected chi connectivity index (χ0v) is 14.7. The molecule has 1 aromatic heterocycles. The van der Waals surface area contributed by atoms with Gasteiger partial charge in [-0.15, -0.1) is 24.0 Å². The first kappa shape index (κ1) is 17.2. The Balaban J connectivity index is 0.00000200.